The van der Waals surface area contributed by atoms with E-state index in [4.69, 9.17) is 5.11 Å². The van der Waals surface area contributed by atoms with Crippen LogP contribution in [0.2, 0.25) is 0 Å². The molecular formula is C23H44N2O. The van der Waals surface area contributed by atoms with Crippen LogP contribution < -0.4 is 0 Å². The van der Waals surface area contributed by atoms with Gasteiger partial charge in [-0.3, -0.25) is 9.89 Å². The van der Waals surface area contributed by atoms with E-state index in [9.17, 15) is 0 Å². The van der Waals surface area contributed by atoms with Crippen molar-refractivity contribution in [3.05, 3.63) is 12.2 Å². The van der Waals surface area contributed by atoms with Crippen molar-refractivity contribution in [2.75, 3.05) is 19.7 Å². The van der Waals surface area contributed by atoms with E-state index < -0.39 is 0 Å². The van der Waals surface area contributed by atoms with E-state index in [1.807, 2.05) is 6.21 Å². The molecule has 0 radical (unpaired) electrons. The molecule has 26 heavy (non-hydrogen) atoms. The number of β-amino-alcohol motifs (C(OH)–C–C–N with tert-alkyl or cyclic N) is 1. The third-order valence-electron chi connectivity index (χ3n) is 5.36. The minimum absolute atomic E-state index is 0.246. The molecule has 0 aliphatic carbocycles. The number of aliphatic hydroxyl groups is 1. The zero-order valence-corrected chi connectivity index (χ0v) is 17.4. The molecule has 0 saturated heterocycles. The zero-order chi connectivity index (χ0) is 18.7. The summed E-state index contributed by atoms with van der Waals surface area (Å²) in [5.74, 6) is 0. The first kappa shape index (κ1) is 23.4. The van der Waals surface area contributed by atoms with Gasteiger partial charge in [-0.1, -0.05) is 83.3 Å². The highest BCUT2D eigenvalue weighted by Crippen LogP contribution is 2.16. The third kappa shape index (κ3) is 12.6. The van der Waals surface area contributed by atoms with Gasteiger partial charge in [0.05, 0.1) is 6.61 Å². The first-order valence-corrected chi connectivity index (χ1v) is 11.4. The van der Waals surface area contributed by atoms with Crippen LogP contribution in [0.3, 0.4) is 0 Å². The molecule has 3 nitrogen and oxygen atoms in total. The summed E-state index contributed by atoms with van der Waals surface area (Å²) in [4.78, 5) is 6.81. The molecule has 0 saturated carbocycles. The fourth-order valence-electron chi connectivity index (χ4n) is 3.70. The van der Waals surface area contributed by atoms with Gasteiger partial charge in [-0.15, -0.1) is 0 Å². The van der Waals surface area contributed by atoms with Gasteiger partial charge in [0.25, 0.3) is 0 Å². The van der Waals surface area contributed by atoms with Gasteiger partial charge < -0.3 is 5.11 Å². The van der Waals surface area contributed by atoms with E-state index in [2.05, 4.69) is 29.0 Å². The number of aliphatic hydroxyl groups excluding tert-OH is 1. The smallest absolute Gasteiger partial charge is 0.102 e. The monoisotopic (exact) mass is 364 g/mol. The van der Waals surface area contributed by atoms with Crippen molar-refractivity contribution < 1.29 is 5.11 Å². The number of unbranched alkanes of at least 4 members (excludes halogenated alkanes) is 12. The van der Waals surface area contributed by atoms with Crippen LogP contribution in [0.1, 0.15) is 103 Å². The second-order valence-corrected chi connectivity index (χ2v) is 7.76. The standard InChI is InChI=1S/C23H44N2O/c1-2-3-4-5-6-7-8-9-10-11-12-13-14-15-16-17-18-23-24-19-20-25(23)21-22-26/h4-5,19,23,26H,2-3,6-18,20-22H2,1H3/b5-4+. The first-order chi connectivity index (χ1) is 12.9. The van der Waals surface area contributed by atoms with Crippen LogP contribution in [0.5, 0.6) is 0 Å². The minimum Gasteiger partial charge on any atom is -0.395 e. The molecule has 152 valence electrons. The minimum atomic E-state index is 0.246. The predicted molar refractivity (Wildman–Crippen MR) is 115 cm³/mol. The molecule has 0 amide bonds. The molecule has 0 aromatic rings. The van der Waals surface area contributed by atoms with Crippen LogP contribution in [0, 0.1) is 0 Å². The Morgan fingerprint density at radius 3 is 2.08 bits per heavy atom. The SMILES string of the molecule is CCC/C=C/CCCCCCCCCCCCCC1N=CCN1CCO. The maximum atomic E-state index is 9.06. The van der Waals surface area contributed by atoms with Crippen molar-refractivity contribution in [2.24, 2.45) is 4.99 Å². The molecule has 1 heterocycles. The highest BCUT2D eigenvalue weighted by molar-refractivity contribution is 5.62. The van der Waals surface area contributed by atoms with Crippen LogP contribution >= 0.6 is 0 Å². The second-order valence-electron chi connectivity index (χ2n) is 7.76. The van der Waals surface area contributed by atoms with Crippen LogP contribution in [0.15, 0.2) is 17.1 Å². The summed E-state index contributed by atoms with van der Waals surface area (Å²) < 4.78 is 0. The van der Waals surface area contributed by atoms with Crippen LogP contribution in [-0.4, -0.2) is 42.1 Å². The Kier molecular flexibility index (Phi) is 15.9. The molecule has 1 rings (SSSR count). The lowest BCUT2D eigenvalue weighted by Gasteiger charge is -2.21. The summed E-state index contributed by atoms with van der Waals surface area (Å²) in [6.07, 6.45) is 27.3. The highest BCUT2D eigenvalue weighted by atomic mass is 16.3. The van der Waals surface area contributed by atoms with Gasteiger partial charge in [0.1, 0.15) is 6.17 Å². The molecular weight excluding hydrogens is 320 g/mol. The van der Waals surface area contributed by atoms with Gasteiger partial charge >= 0.3 is 0 Å². The Labute approximate surface area is 163 Å². The summed E-state index contributed by atoms with van der Waals surface area (Å²) in [5, 5.41) is 9.06. The molecule has 3 heteroatoms. The lowest BCUT2D eigenvalue weighted by Crippen LogP contribution is -2.32. The Balaban J connectivity index is 1.76. The molecule has 0 bridgehead atoms. The Morgan fingerprint density at radius 2 is 1.46 bits per heavy atom. The summed E-state index contributed by atoms with van der Waals surface area (Å²) >= 11 is 0. The Morgan fingerprint density at radius 1 is 0.885 bits per heavy atom. The van der Waals surface area contributed by atoms with Crippen molar-refractivity contribution in [1.82, 2.24) is 4.90 Å². The van der Waals surface area contributed by atoms with Crippen molar-refractivity contribution in [3.8, 4) is 0 Å². The summed E-state index contributed by atoms with van der Waals surface area (Å²) in [5.41, 5.74) is 0. The largest absolute Gasteiger partial charge is 0.395 e. The quantitative estimate of drug-likeness (QED) is 0.235. The van der Waals surface area contributed by atoms with E-state index in [1.54, 1.807) is 0 Å². The highest BCUT2D eigenvalue weighted by Gasteiger charge is 2.19. The van der Waals surface area contributed by atoms with Gasteiger partial charge in [0, 0.05) is 19.3 Å². The average molecular weight is 365 g/mol. The lowest BCUT2D eigenvalue weighted by atomic mass is 10.0. The van der Waals surface area contributed by atoms with Crippen molar-refractivity contribution in [2.45, 2.75) is 109 Å². The van der Waals surface area contributed by atoms with Crippen LogP contribution in [0.4, 0.5) is 0 Å². The van der Waals surface area contributed by atoms with Gasteiger partial charge in [0.2, 0.25) is 0 Å². The molecule has 1 unspecified atom stereocenters. The molecule has 0 aromatic heterocycles. The molecule has 0 aromatic carbocycles. The number of rotatable bonds is 18. The molecule has 1 aliphatic heterocycles. The fraction of sp³-hybridized carbons (Fsp3) is 0.870. The molecule has 1 atom stereocenters. The lowest BCUT2D eigenvalue weighted by molar-refractivity contribution is 0.176. The van der Waals surface area contributed by atoms with Crippen LogP contribution in [-0.2, 0) is 0 Å². The molecule has 0 fully saturated rings. The summed E-state index contributed by atoms with van der Waals surface area (Å²) in [6.45, 7) is 4.17. The van der Waals surface area contributed by atoms with E-state index in [0.717, 1.165) is 19.5 Å². The maximum absolute atomic E-state index is 9.06. The maximum Gasteiger partial charge on any atom is 0.102 e. The zero-order valence-electron chi connectivity index (χ0n) is 17.4. The molecule has 1 N–H and O–H groups in total. The second kappa shape index (κ2) is 17.7. The normalized spacial score (nSPS) is 17.7. The van der Waals surface area contributed by atoms with Gasteiger partial charge in [-0.05, 0) is 32.1 Å². The predicted octanol–water partition coefficient (Wildman–Crippen LogP) is 6.12. The van der Waals surface area contributed by atoms with E-state index in [-0.39, 0.29) is 6.61 Å². The van der Waals surface area contributed by atoms with Gasteiger partial charge in [-0.2, -0.15) is 0 Å². The van der Waals surface area contributed by atoms with E-state index in [1.165, 1.54) is 89.9 Å². The van der Waals surface area contributed by atoms with Crippen molar-refractivity contribution in [3.63, 3.8) is 0 Å². The Bertz CT molecular complexity index is 354. The number of allylic oxidation sites excluding steroid dienone is 2. The summed E-state index contributed by atoms with van der Waals surface area (Å²) in [6, 6.07) is 0. The van der Waals surface area contributed by atoms with E-state index >= 15 is 0 Å². The molecule has 1 aliphatic rings. The van der Waals surface area contributed by atoms with Gasteiger partial charge in [-0.25, -0.2) is 0 Å². The molecule has 0 spiro atoms. The third-order valence-corrected chi connectivity index (χ3v) is 5.36. The van der Waals surface area contributed by atoms with Crippen molar-refractivity contribution >= 4 is 6.21 Å². The topological polar surface area (TPSA) is 35.8 Å². The van der Waals surface area contributed by atoms with Crippen LogP contribution in [0.25, 0.3) is 0 Å². The summed E-state index contributed by atoms with van der Waals surface area (Å²) in [7, 11) is 0. The fourth-order valence-corrected chi connectivity index (χ4v) is 3.70. The van der Waals surface area contributed by atoms with Crippen molar-refractivity contribution in [1.29, 1.82) is 0 Å². The number of hydrogen-bond donors (Lipinski definition) is 1. The van der Waals surface area contributed by atoms with E-state index in [0.29, 0.717) is 6.17 Å². The van der Waals surface area contributed by atoms with Gasteiger partial charge in [0.15, 0.2) is 0 Å². The first-order valence-electron chi connectivity index (χ1n) is 11.4. The number of aliphatic imine (C=N–C) groups is 1. The number of nitrogens with zero attached hydrogens (tertiary/aromatic N) is 2. The number of hydrogen-bond acceptors (Lipinski definition) is 3. The average Bonchev–Trinajstić information content (AvgIpc) is 3.09. The Hall–Kier alpha value is -0.670.